The number of amides is 1. The van der Waals surface area contributed by atoms with E-state index in [1.807, 2.05) is 4.90 Å². The van der Waals surface area contributed by atoms with Crippen molar-refractivity contribution < 1.29 is 26.7 Å². The molecule has 0 spiro atoms. The first kappa shape index (κ1) is 16.9. The van der Waals surface area contributed by atoms with Crippen LogP contribution in [0.3, 0.4) is 0 Å². The van der Waals surface area contributed by atoms with Crippen molar-refractivity contribution in [3.8, 4) is 0 Å². The predicted octanol–water partition coefficient (Wildman–Crippen LogP) is 2.67. The topological polar surface area (TPSA) is 45.2 Å². The van der Waals surface area contributed by atoms with E-state index in [1.54, 1.807) is 16.9 Å². The van der Waals surface area contributed by atoms with Gasteiger partial charge in [0.25, 0.3) is 5.91 Å². The van der Waals surface area contributed by atoms with Crippen LogP contribution in [-0.4, -0.2) is 42.6 Å². The summed E-state index contributed by atoms with van der Waals surface area (Å²) in [6, 6.07) is 0. The van der Waals surface area contributed by atoms with E-state index >= 15 is 0 Å². The fourth-order valence-electron chi connectivity index (χ4n) is 2.25. The molecule has 1 aliphatic rings. The zero-order valence-electron chi connectivity index (χ0n) is 11.4. The molecule has 1 aromatic rings. The van der Waals surface area contributed by atoms with Crippen molar-refractivity contribution in [1.82, 2.24) is 10.3 Å². The van der Waals surface area contributed by atoms with Crippen LogP contribution >= 0.6 is 11.3 Å². The van der Waals surface area contributed by atoms with Crippen molar-refractivity contribution in [2.24, 2.45) is 5.92 Å². The minimum atomic E-state index is -5.88. The summed E-state index contributed by atoms with van der Waals surface area (Å²) in [4.78, 5) is 17.1. The van der Waals surface area contributed by atoms with Gasteiger partial charge in [-0.3, -0.25) is 4.79 Å². The maximum atomic E-state index is 12.8. The average molecular weight is 343 g/mol. The lowest BCUT2D eigenvalue weighted by Crippen LogP contribution is -2.52. The first-order valence-electron chi connectivity index (χ1n) is 6.59. The van der Waals surface area contributed by atoms with Gasteiger partial charge in [0, 0.05) is 31.2 Å². The zero-order chi connectivity index (χ0) is 16.4. The van der Waals surface area contributed by atoms with Crippen LogP contribution in [0.4, 0.5) is 27.1 Å². The first-order chi connectivity index (χ1) is 10.2. The molecule has 124 valence electrons. The van der Waals surface area contributed by atoms with Crippen molar-refractivity contribution >= 4 is 22.4 Å². The van der Waals surface area contributed by atoms with Gasteiger partial charge in [0.05, 0.1) is 0 Å². The number of piperidine rings is 1. The lowest BCUT2D eigenvalue weighted by Gasteiger charge is -2.32. The minimum Gasteiger partial charge on any atom is -0.350 e. The highest BCUT2D eigenvalue weighted by Crippen LogP contribution is 2.35. The molecule has 1 unspecified atom stereocenters. The molecule has 0 radical (unpaired) electrons. The van der Waals surface area contributed by atoms with Crippen molar-refractivity contribution in [3.63, 3.8) is 0 Å². The van der Waals surface area contributed by atoms with E-state index in [9.17, 15) is 26.7 Å². The van der Waals surface area contributed by atoms with E-state index in [2.05, 4.69) is 4.98 Å². The van der Waals surface area contributed by atoms with Gasteiger partial charge >= 0.3 is 12.1 Å². The maximum Gasteiger partial charge on any atom is 0.463 e. The molecule has 0 bridgehead atoms. The van der Waals surface area contributed by atoms with Gasteiger partial charge < -0.3 is 10.2 Å². The molecule has 1 aromatic heterocycles. The highest BCUT2D eigenvalue weighted by atomic mass is 32.1. The third-order valence-electron chi connectivity index (χ3n) is 3.40. The summed E-state index contributed by atoms with van der Waals surface area (Å²) in [5.41, 5.74) is 0. The summed E-state index contributed by atoms with van der Waals surface area (Å²) in [5, 5.41) is 4.28. The maximum absolute atomic E-state index is 12.8. The number of nitrogens with zero attached hydrogens (tertiary/aromatic N) is 2. The number of carbonyl (C=O) groups excluding carboxylic acids is 1. The van der Waals surface area contributed by atoms with Crippen molar-refractivity contribution in [3.05, 3.63) is 11.6 Å². The summed E-state index contributed by atoms with van der Waals surface area (Å²) in [7, 11) is 0. The summed E-state index contributed by atoms with van der Waals surface area (Å²) < 4.78 is 61.9. The molecule has 1 fully saturated rings. The van der Waals surface area contributed by atoms with E-state index in [0.29, 0.717) is 13.0 Å². The Labute approximate surface area is 127 Å². The Bertz CT molecular complexity index is 505. The molecule has 0 saturated carbocycles. The molecule has 22 heavy (non-hydrogen) atoms. The van der Waals surface area contributed by atoms with Crippen molar-refractivity contribution in [1.29, 1.82) is 0 Å². The van der Waals surface area contributed by atoms with Gasteiger partial charge in [-0.1, -0.05) is 0 Å². The molecule has 0 aromatic carbocycles. The van der Waals surface area contributed by atoms with E-state index < -0.39 is 18.0 Å². The average Bonchev–Trinajstić information content (AvgIpc) is 2.98. The minimum absolute atomic E-state index is 0.189. The van der Waals surface area contributed by atoms with Gasteiger partial charge in [0.2, 0.25) is 0 Å². The van der Waals surface area contributed by atoms with Crippen molar-refractivity contribution in [2.75, 3.05) is 24.5 Å². The van der Waals surface area contributed by atoms with Gasteiger partial charge in [-0.25, -0.2) is 4.98 Å². The molecule has 0 aliphatic carbocycles. The number of thiazole rings is 1. The van der Waals surface area contributed by atoms with Gasteiger partial charge in [0.1, 0.15) is 0 Å². The Kier molecular flexibility index (Phi) is 4.88. The van der Waals surface area contributed by atoms with Crippen LogP contribution in [0.1, 0.15) is 12.8 Å². The monoisotopic (exact) mass is 343 g/mol. The van der Waals surface area contributed by atoms with Crippen molar-refractivity contribution in [2.45, 2.75) is 24.9 Å². The molecule has 10 heteroatoms. The van der Waals surface area contributed by atoms with Crippen LogP contribution in [0, 0.1) is 5.92 Å². The van der Waals surface area contributed by atoms with Crippen LogP contribution in [0.2, 0.25) is 0 Å². The third kappa shape index (κ3) is 3.65. The number of halogens is 5. The fourth-order valence-corrected chi connectivity index (χ4v) is 2.93. The number of hydrogen-bond donors (Lipinski definition) is 1. The van der Waals surface area contributed by atoms with Crippen LogP contribution < -0.4 is 10.2 Å². The predicted molar refractivity (Wildman–Crippen MR) is 71.1 cm³/mol. The number of aromatic nitrogens is 1. The van der Waals surface area contributed by atoms with Gasteiger partial charge in [0.15, 0.2) is 5.13 Å². The fraction of sp³-hybridized carbons (Fsp3) is 0.667. The first-order valence-corrected chi connectivity index (χ1v) is 7.47. The molecule has 1 saturated heterocycles. The summed E-state index contributed by atoms with van der Waals surface area (Å²) in [5.74, 6) is -7.85. The standard InChI is InChI=1S/C12H14F5N3OS/c13-11(14,12(15,16)17)9(21)19-6-8-2-1-4-20(7-8)10-18-3-5-22-10/h3,5,8H,1-2,4,6-7H2,(H,19,21). The smallest absolute Gasteiger partial charge is 0.350 e. The van der Waals surface area contributed by atoms with E-state index in [4.69, 9.17) is 0 Å². The molecule has 1 N–H and O–H groups in total. The van der Waals surface area contributed by atoms with Gasteiger partial charge in [-0.15, -0.1) is 11.3 Å². The van der Waals surface area contributed by atoms with Gasteiger partial charge in [-0.05, 0) is 18.8 Å². The Hall–Kier alpha value is -1.45. The number of alkyl halides is 5. The van der Waals surface area contributed by atoms with Crippen LogP contribution in [0.25, 0.3) is 0 Å². The van der Waals surface area contributed by atoms with E-state index in [1.165, 1.54) is 11.3 Å². The largest absolute Gasteiger partial charge is 0.463 e. The number of anilines is 1. The number of rotatable bonds is 4. The summed E-state index contributed by atoms with van der Waals surface area (Å²) in [6.45, 7) is 0.994. The second-order valence-corrected chi connectivity index (χ2v) is 5.92. The Morgan fingerprint density at radius 3 is 2.73 bits per heavy atom. The molecule has 2 heterocycles. The second-order valence-electron chi connectivity index (χ2n) is 5.05. The van der Waals surface area contributed by atoms with E-state index in [0.717, 1.165) is 18.1 Å². The number of nitrogens with one attached hydrogen (secondary N) is 1. The third-order valence-corrected chi connectivity index (χ3v) is 4.23. The van der Waals surface area contributed by atoms with Crippen LogP contribution in [0.5, 0.6) is 0 Å². The lowest BCUT2D eigenvalue weighted by molar-refractivity contribution is -0.269. The quantitative estimate of drug-likeness (QED) is 0.855. The molecule has 2 rings (SSSR count). The molecule has 4 nitrogen and oxygen atoms in total. The van der Waals surface area contributed by atoms with Gasteiger partial charge in [-0.2, -0.15) is 22.0 Å². The zero-order valence-corrected chi connectivity index (χ0v) is 12.2. The molecular formula is C12H14F5N3OS. The molecule has 1 atom stereocenters. The highest BCUT2D eigenvalue weighted by Gasteiger charge is 2.63. The summed E-state index contributed by atoms with van der Waals surface area (Å²) in [6.07, 6.45) is -2.83. The molecule has 1 aliphatic heterocycles. The number of hydrogen-bond acceptors (Lipinski definition) is 4. The SMILES string of the molecule is O=C(NCC1CCCN(c2nccs2)C1)C(F)(F)C(F)(F)F. The Morgan fingerprint density at radius 2 is 2.14 bits per heavy atom. The van der Waals surface area contributed by atoms with Crippen LogP contribution in [0.15, 0.2) is 11.6 Å². The normalized spacial score (nSPS) is 20.0. The summed E-state index contributed by atoms with van der Waals surface area (Å²) >= 11 is 1.42. The second kappa shape index (κ2) is 6.35. The molecular weight excluding hydrogens is 329 g/mol. The van der Waals surface area contributed by atoms with Crippen LogP contribution in [-0.2, 0) is 4.79 Å². The Balaban J connectivity index is 1.88. The molecule has 1 amide bonds. The highest BCUT2D eigenvalue weighted by molar-refractivity contribution is 7.13. The Morgan fingerprint density at radius 1 is 1.41 bits per heavy atom. The number of carbonyl (C=O) groups is 1. The van der Waals surface area contributed by atoms with E-state index in [-0.39, 0.29) is 12.5 Å². The lowest BCUT2D eigenvalue weighted by atomic mass is 9.98.